The van der Waals surface area contributed by atoms with E-state index in [1.807, 2.05) is 42.5 Å². The van der Waals surface area contributed by atoms with Crippen LogP contribution in [0.2, 0.25) is 0 Å². The van der Waals surface area contributed by atoms with Gasteiger partial charge in [-0.05, 0) is 29.8 Å². The van der Waals surface area contributed by atoms with Gasteiger partial charge in [-0.3, -0.25) is 5.32 Å². The lowest BCUT2D eigenvalue weighted by Crippen LogP contribution is -2.42. The van der Waals surface area contributed by atoms with Gasteiger partial charge < -0.3 is 14.5 Å². The molecule has 0 spiro atoms. The first-order valence-electron chi connectivity index (χ1n) is 7.58. The zero-order valence-corrected chi connectivity index (χ0v) is 13.8. The van der Waals surface area contributed by atoms with Gasteiger partial charge in [0.25, 0.3) is 0 Å². The normalized spacial score (nSPS) is 19.6. The molecule has 1 aliphatic rings. The molecule has 5 nitrogen and oxygen atoms in total. The molecule has 6 heteroatoms. The number of benzene rings is 2. The zero-order valence-electron chi connectivity index (χ0n) is 12.9. The van der Waals surface area contributed by atoms with E-state index in [1.54, 1.807) is 13.2 Å². The van der Waals surface area contributed by atoms with Crippen molar-refractivity contribution in [3.8, 4) is 5.75 Å². The molecule has 3 aromatic rings. The Morgan fingerprint density at radius 1 is 1.12 bits per heavy atom. The molecule has 0 amide bonds. The van der Waals surface area contributed by atoms with Gasteiger partial charge in [-0.2, -0.15) is 0 Å². The van der Waals surface area contributed by atoms with Gasteiger partial charge in [0.15, 0.2) is 0 Å². The molecule has 0 saturated carbocycles. The predicted octanol–water partition coefficient (Wildman–Crippen LogP) is 3.12. The first-order chi connectivity index (χ1) is 11.7. The summed E-state index contributed by atoms with van der Waals surface area (Å²) in [7, 11) is 1.62. The third-order valence-electron chi connectivity index (χ3n) is 4.19. The van der Waals surface area contributed by atoms with Crippen LogP contribution >= 0.6 is 12.6 Å². The SMILES string of the molecule is COc1ccc(C2NC(S)Nc3c2c(=O)oc2ccccc32)cc1. The number of nitrogens with one attached hydrogen (secondary N) is 2. The topological polar surface area (TPSA) is 63.5 Å². The molecule has 24 heavy (non-hydrogen) atoms. The van der Waals surface area contributed by atoms with E-state index in [4.69, 9.17) is 9.15 Å². The third kappa shape index (κ3) is 2.44. The second-order valence-electron chi connectivity index (χ2n) is 5.59. The molecule has 2 unspecified atom stereocenters. The number of rotatable bonds is 2. The van der Waals surface area contributed by atoms with Crippen LogP contribution in [0.5, 0.6) is 5.75 Å². The second kappa shape index (κ2) is 5.89. The van der Waals surface area contributed by atoms with Crippen LogP contribution in [0, 0.1) is 0 Å². The number of ether oxygens (including phenoxy) is 1. The fourth-order valence-corrected chi connectivity index (χ4v) is 3.34. The summed E-state index contributed by atoms with van der Waals surface area (Å²) in [6.45, 7) is 0. The van der Waals surface area contributed by atoms with Crippen molar-refractivity contribution in [1.29, 1.82) is 0 Å². The highest BCUT2D eigenvalue weighted by molar-refractivity contribution is 7.81. The molecule has 0 saturated heterocycles. The van der Waals surface area contributed by atoms with Crippen LogP contribution in [0.4, 0.5) is 5.69 Å². The van der Waals surface area contributed by atoms with Crippen molar-refractivity contribution in [3.05, 3.63) is 70.1 Å². The van der Waals surface area contributed by atoms with Gasteiger partial charge in [0.2, 0.25) is 0 Å². The average molecular weight is 340 g/mol. The van der Waals surface area contributed by atoms with E-state index in [9.17, 15) is 4.79 Å². The maximum Gasteiger partial charge on any atom is 0.343 e. The Balaban J connectivity index is 1.93. The molecular weight excluding hydrogens is 324 g/mol. The summed E-state index contributed by atoms with van der Waals surface area (Å²) in [5.41, 5.74) is 2.19. The summed E-state index contributed by atoms with van der Waals surface area (Å²) in [6, 6.07) is 14.8. The highest BCUT2D eigenvalue weighted by Gasteiger charge is 2.30. The highest BCUT2D eigenvalue weighted by atomic mass is 32.1. The van der Waals surface area contributed by atoms with Crippen LogP contribution in [0.15, 0.2) is 57.7 Å². The Labute approximate surface area is 144 Å². The molecule has 122 valence electrons. The van der Waals surface area contributed by atoms with Gasteiger partial charge in [0.1, 0.15) is 16.8 Å². The van der Waals surface area contributed by atoms with Gasteiger partial charge in [-0.25, -0.2) is 4.79 Å². The second-order valence-corrected chi connectivity index (χ2v) is 6.11. The van der Waals surface area contributed by atoms with Gasteiger partial charge in [0.05, 0.1) is 24.4 Å². The molecule has 1 aromatic heterocycles. The smallest absolute Gasteiger partial charge is 0.343 e. The Morgan fingerprint density at radius 3 is 2.62 bits per heavy atom. The van der Waals surface area contributed by atoms with Crippen molar-refractivity contribution in [2.45, 2.75) is 11.5 Å². The van der Waals surface area contributed by atoms with E-state index in [1.165, 1.54) is 0 Å². The van der Waals surface area contributed by atoms with E-state index in [0.29, 0.717) is 11.1 Å². The number of hydrogen-bond donors (Lipinski definition) is 3. The quantitative estimate of drug-likeness (QED) is 0.494. The molecule has 2 atom stereocenters. The minimum absolute atomic E-state index is 0.283. The van der Waals surface area contributed by atoms with Crippen LogP contribution in [-0.2, 0) is 0 Å². The van der Waals surface area contributed by atoms with Gasteiger partial charge in [-0.15, -0.1) is 12.6 Å². The number of anilines is 1. The lowest BCUT2D eigenvalue weighted by atomic mass is 9.95. The van der Waals surface area contributed by atoms with Crippen LogP contribution in [0.25, 0.3) is 11.0 Å². The Morgan fingerprint density at radius 2 is 1.88 bits per heavy atom. The first-order valence-corrected chi connectivity index (χ1v) is 8.09. The third-order valence-corrected chi connectivity index (χ3v) is 4.47. The summed E-state index contributed by atoms with van der Waals surface area (Å²) in [5.74, 6) is 0.765. The predicted molar refractivity (Wildman–Crippen MR) is 96.9 cm³/mol. The number of fused-ring (bicyclic) bond motifs is 3. The average Bonchev–Trinajstić information content (AvgIpc) is 2.61. The van der Waals surface area contributed by atoms with E-state index in [2.05, 4.69) is 23.3 Å². The Bertz CT molecular complexity index is 953. The molecule has 0 bridgehead atoms. The summed E-state index contributed by atoms with van der Waals surface area (Å²) in [6.07, 6.45) is 0. The van der Waals surface area contributed by atoms with Crippen LogP contribution in [0.1, 0.15) is 17.2 Å². The van der Waals surface area contributed by atoms with Crippen molar-refractivity contribution in [3.63, 3.8) is 0 Å². The van der Waals surface area contributed by atoms with Gasteiger partial charge in [0, 0.05) is 5.39 Å². The first kappa shape index (κ1) is 15.1. The fraction of sp³-hybridized carbons (Fsp3) is 0.167. The van der Waals surface area contributed by atoms with Crippen molar-refractivity contribution in [2.75, 3.05) is 12.4 Å². The van der Waals surface area contributed by atoms with Gasteiger partial charge in [-0.1, -0.05) is 24.3 Å². The Hall–Kier alpha value is -2.44. The van der Waals surface area contributed by atoms with Crippen LogP contribution in [0.3, 0.4) is 0 Å². The monoisotopic (exact) mass is 340 g/mol. The number of hydrogen-bond acceptors (Lipinski definition) is 6. The summed E-state index contributed by atoms with van der Waals surface area (Å²) >= 11 is 4.51. The molecule has 1 aliphatic heterocycles. The molecular formula is C18H16N2O3S. The van der Waals surface area contributed by atoms with Crippen molar-refractivity contribution in [1.82, 2.24) is 5.32 Å². The van der Waals surface area contributed by atoms with Crippen LogP contribution < -0.4 is 21.0 Å². The van der Waals surface area contributed by atoms with Crippen LogP contribution in [-0.4, -0.2) is 12.6 Å². The molecule has 2 aromatic carbocycles. The Kier molecular flexibility index (Phi) is 3.70. The molecule has 2 heterocycles. The van der Waals surface area contributed by atoms with E-state index in [-0.39, 0.29) is 17.2 Å². The van der Waals surface area contributed by atoms with Crippen molar-refractivity contribution < 1.29 is 9.15 Å². The van der Waals surface area contributed by atoms with Gasteiger partial charge >= 0.3 is 5.63 Å². The van der Waals surface area contributed by atoms with E-state index in [0.717, 1.165) is 22.4 Å². The molecule has 0 aliphatic carbocycles. The maximum absolute atomic E-state index is 12.6. The zero-order chi connectivity index (χ0) is 16.7. The van der Waals surface area contributed by atoms with Crippen molar-refractivity contribution in [2.24, 2.45) is 0 Å². The maximum atomic E-state index is 12.6. The lowest BCUT2D eigenvalue weighted by molar-refractivity contribution is 0.414. The molecule has 0 fully saturated rings. The largest absolute Gasteiger partial charge is 0.497 e. The fourth-order valence-electron chi connectivity index (χ4n) is 3.06. The van der Waals surface area contributed by atoms with E-state index >= 15 is 0 Å². The minimum Gasteiger partial charge on any atom is -0.497 e. The molecule has 4 rings (SSSR count). The lowest BCUT2D eigenvalue weighted by Gasteiger charge is -2.32. The number of para-hydroxylation sites is 1. The minimum atomic E-state index is -0.357. The summed E-state index contributed by atoms with van der Waals surface area (Å²) in [5, 5.41) is 7.39. The van der Waals surface area contributed by atoms with Crippen molar-refractivity contribution >= 4 is 29.3 Å². The molecule has 2 N–H and O–H groups in total. The number of methoxy groups -OCH3 is 1. The van der Waals surface area contributed by atoms with E-state index < -0.39 is 0 Å². The highest BCUT2D eigenvalue weighted by Crippen LogP contribution is 2.36. The number of thiol groups is 1. The molecule has 0 radical (unpaired) electrons. The summed E-state index contributed by atoms with van der Waals surface area (Å²) in [4.78, 5) is 12.6. The standard InChI is InChI=1S/C18H16N2O3S/c1-22-11-8-6-10(7-9-11)15-14-16(20-18(24)19-15)12-4-2-3-5-13(12)23-17(14)21/h2-9,15,18-20,24H,1H3. The summed E-state index contributed by atoms with van der Waals surface area (Å²) < 4.78 is 10.7.